The first-order valence-corrected chi connectivity index (χ1v) is 27.1. The van der Waals surface area contributed by atoms with Crippen molar-refractivity contribution >= 4 is 52.7 Å². The number of hydrogen-bond acceptors (Lipinski definition) is 15. The molecule has 1 fully saturated rings. The van der Waals surface area contributed by atoms with Crippen molar-refractivity contribution in [2.24, 2.45) is 23.0 Å². The summed E-state index contributed by atoms with van der Waals surface area (Å²) in [4.78, 5) is 88.9. The van der Waals surface area contributed by atoms with Crippen molar-refractivity contribution in [1.29, 1.82) is 0 Å². The number of nitrogens with two attached hydrogens (primary N) is 2. The van der Waals surface area contributed by atoms with Crippen molar-refractivity contribution in [1.82, 2.24) is 36.1 Å². The van der Waals surface area contributed by atoms with Crippen LogP contribution in [-0.4, -0.2) is 153 Å². The molecule has 9 N–H and O–H groups in total. The molecule has 3 rings (SSSR count). The number of likely N-dealkylation sites (N-methyl/N-ethyl adjacent to an activating group) is 1. The number of benzene rings is 1. The number of piperidine rings is 1. The monoisotopic (exact) mass is 1060 g/mol. The largest absolute Gasteiger partial charge is 0.481 e. The Kier molecular flexibility index (Phi) is 28.3. The molecule has 5 amide bonds. The number of nitrogens with one attached hydrogen (secondary N) is 4. The summed E-state index contributed by atoms with van der Waals surface area (Å²) < 4.78 is 37.1. The predicted octanol–water partition coefficient (Wildman–Crippen LogP) is 5.39. The van der Waals surface area contributed by atoms with Gasteiger partial charge >= 0.3 is 12.1 Å². The summed E-state index contributed by atoms with van der Waals surface area (Å²) in [5, 5.41) is 23.1. The minimum absolute atomic E-state index is 0.000251. The van der Waals surface area contributed by atoms with E-state index < -0.39 is 53.4 Å². The lowest BCUT2D eigenvalue weighted by atomic mass is 9.84. The summed E-state index contributed by atoms with van der Waals surface area (Å²) in [5.74, 6) is -3.42. The Bertz CT molecular complexity index is 2060. The molecule has 20 nitrogen and oxygen atoms in total. The third kappa shape index (κ3) is 21.7. The molecule has 1 aliphatic heterocycles. The molecule has 0 bridgehead atoms. The highest BCUT2D eigenvalue weighted by Gasteiger charge is 2.39. The first-order valence-electron chi connectivity index (χ1n) is 26.2. The van der Waals surface area contributed by atoms with E-state index in [1.54, 1.807) is 19.9 Å². The van der Waals surface area contributed by atoms with Gasteiger partial charge in [-0.15, -0.1) is 11.3 Å². The minimum Gasteiger partial charge on any atom is -0.481 e. The number of nitrogens with zero attached hydrogens (tertiary/aromatic N) is 3. The van der Waals surface area contributed by atoms with Crippen LogP contribution in [-0.2, 0) is 44.5 Å². The summed E-state index contributed by atoms with van der Waals surface area (Å²) in [6.45, 7) is 15.4. The molecular formula is C52H86FN9O11S. The smallest absolute Gasteiger partial charge is 0.407 e. The normalized spacial score (nSPS) is 16.1. The standard InChI is InChI=1S/C52H86FN9O11S/c1-9-11-12-14-21-62(49(66)45(35(5)10-2)60-47(65)41-16-13-15-20-61(41)8)42(34(3)4)29-43(73-51(69)56-19-22-70-23-24-71-25-26-72-33-57-44(63)31-54)48-59-40(32-74-48)46(64)58-37(30-52(6,7)50(67)68)27-36-17-18-39(55)38(53)28-36/h17-18,28,32,34-35,37,41-43,45H,9-16,19-27,29-31,33,54-55H2,1-8H3,(H,56,69)(H,57,63)(H,58,64)(H,60,65)(H,67,68)/t35-,37-,41+,42+,43+,45-/m0/s1. The van der Waals surface area contributed by atoms with E-state index in [1.807, 2.05) is 44.5 Å². The number of nitrogen functional groups attached to an aromatic ring is 1. The Morgan fingerprint density at radius 3 is 2.31 bits per heavy atom. The average Bonchev–Trinajstić information content (AvgIpc) is 3.86. The summed E-state index contributed by atoms with van der Waals surface area (Å²) in [6, 6.07) is 1.84. The molecule has 1 saturated heterocycles. The Labute approximate surface area is 441 Å². The summed E-state index contributed by atoms with van der Waals surface area (Å²) in [7, 11) is 1.93. The van der Waals surface area contributed by atoms with Gasteiger partial charge in [-0.25, -0.2) is 14.2 Å². The van der Waals surface area contributed by atoms with Crippen molar-refractivity contribution in [2.45, 2.75) is 149 Å². The number of ether oxygens (including phenoxy) is 4. The van der Waals surface area contributed by atoms with Gasteiger partial charge in [-0.05, 0) is 89.1 Å². The van der Waals surface area contributed by atoms with Crippen LogP contribution in [0.25, 0.3) is 0 Å². The number of carboxylic acids is 1. The van der Waals surface area contributed by atoms with E-state index >= 15 is 4.79 Å². The zero-order chi connectivity index (χ0) is 54.8. The van der Waals surface area contributed by atoms with Crippen LogP contribution in [0.3, 0.4) is 0 Å². The Hall–Kier alpha value is -5.00. The maximum absolute atomic E-state index is 15.2. The van der Waals surface area contributed by atoms with Gasteiger partial charge in [0.05, 0.1) is 56.7 Å². The second-order valence-corrected chi connectivity index (χ2v) is 21.0. The van der Waals surface area contributed by atoms with E-state index in [0.717, 1.165) is 50.0 Å². The van der Waals surface area contributed by atoms with Crippen LogP contribution < -0.4 is 32.7 Å². The molecular weight excluding hydrogens is 978 g/mol. The number of anilines is 1. The SMILES string of the molecule is CCCCCCN(C(=O)[C@@H](NC(=O)[C@H]1CCCCN1C)[C@@H](C)CC)[C@H](C[C@@H](OC(=O)NCCOCCOCCOCNC(=O)CN)c1nc(C(=O)N[C@@H](Cc2ccc(N)c(F)c2)CC(C)(C)C(=O)O)cs1)C(C)C. The molecule has 0 radical (unpaired) electrons. The fourth-order valence-corrected chi connectivity index (χ4v) is 9.45. The number of carbonyl (C=O) groups excluding carboxylic acids is 5. The third-order valence-corrected chi connectivity index (χ3v) is 14.3. The number of thiazole rings is 1. The summed E-state index contributed by atoms with van der Waals surface area (Å²) in [5.41, 5.74) is 10.1. The Balaban J connectivity index is 1.92. The number of unbranched alkanes of at least 4 members (excludes halogenated alkanes) is 3. The van der Waals surface area contributed by atoms with Gasteiger partial charge in [0, 0.05) is 37.0 Å². The van der Waals surface area contributed by atoms with Crippen LogP contribution in [0.4, 0.5) is 14.9 Å². The van der Waals surface area contributed by atoms with Crippen molar-refractivity contribution in [3.8, 4) is 0 Å². The molecule has 2 aromatic rings. The van der Waals surface area contributed by atoms with E-state index in [2.05, 4.69) is 28.2 Å². The van der Waals surface area contributed by atoms with Crippen LogP contribution >= 0.6 is 11.3 Å². The Morgan fingerprint density at radius 2 is 1.68 bits per heavy atom. The maximum atomic E-state index is 15.2. The molecule has 0 spiro atoms. The molecule has 0 aliphatic carbocycles. The van der Waals surface area contributed by atoms with Crippen LogP contribution in [0.15, 0.2) is 23.6 Å². The van der Waals surface area contributed by atoms with Crippen molar-refractivity contribution < 1.29 is 57.2 Å². The lowest BCUT2D eigenvalue weighted by Gasteiger charge is -2.40. The van der Waals surface area contributed by atoms with E-state index in [4.69, 9.17) is 35.4 Å². The zero-order valence-corrected chi connectivity index (χ0v) is 45.8. The number of carboxylic acid groups (broad SMARTS) is 1. The van der Waals surface area contributed by atoms with Crippen LogP contribution in [0, 0.1) is 23.1 Å². The molecule has 6 atom stereocenters. The van der Waals surface area contributed by atoms with Gasteiger partial charge in [-0.3, -0.25) is 28.9 Å². The van der Waals surface area contributed by atoms with E-state index in [0.29, 0.717) is 31.4 Å². The minimum atomic E-state index is -1.26. The second-order valence-electron chi connectivity index (χ2n) is 20.1. The van der Waals surface area contributed by atoms with Gasteiger partial charge in [0.25, 0.3) is 5.91 Å². The van der Waals surface area contributed by atoms with E-state index in [-0.39, 0.29) is 124 Å². The maximum Gasteiger partial charge on any atom is 0.407 e. The van der Waals surface area contributed by atoms with Gasteiger partial charge in [-0.1, -0.05) is 72.8 Å². The summed E-state index contributed by atoms with van der Waals surface area (Å²) >= 11 is 1.10. The highest BCUT2D eigenvalue weighted by Crippen LogP contribution is 2.33. The van der Waals surface area contributed by atoms with Crippen LogP contribution in [0.1, 0.15) is 140 Å². The van der Waals surface area contributed by atoms with Gasteiger partial charge in [-0.2, -0.15) is 0 Å². The fraction of sp³-hybridized carbons (Fsp3) is 0.712. The lowest BCUT2D eigenvalue weighted by Crippen LogP contribution is -2.59. The van der Waals surface area contributed by atoms with Gasteiger partial charge < -0.3 is 61.7 Å². The molecule has 2 heterocycles. The van der Waals surface area contributed by atoms with Crippen molar-refractivity contribution in [3.63, 3.8) is 0 Å². The molecule has 0 unspecified atom stereocenters. The summed E-state index contributed by atoms with van der Waals surface area (Å²) in [6.07, 6.45) is 5.15. The van der Waals surface area contributed by atoms with Gasteiger partial charge in [0.15, 0.2) is 6.10 Å². The lowest BCUT2D eigenvalue weighted by molar-refractivity contribution is -0.147. The number of likely N-dealkylation sites (tertiary alicyclic amines) is 1. The molecule has 418 valence electrons. The van der Waals surface area contributed by atoms with E-state index in [9.17, 15) is 33.5 Å². The number of amides is 5. The van der Waals surface area contributed by atoms with Crippen molar-refractivity contribution in [3.05, 3.63) is 45.7 Å². The average molecular weight is 1060 g/mol. The Morgan fingerprint density at radius 1 is 0.973 bits per heavy atom. The molecule has 74 heavy (non-hydrogen) atoms. The highest BCUT2D eigenvalue weighted by atomic mass is 32.1. The first kappa shape index (κ1) is 63.3. The van der Waals surface area contributed by atoms with Gasteiger partial charge in [0.1, 0.15) is 29.3 Å². The van der Waals surface area contributed by atoms with Crippen molar-refractivity contribution in [2.75, 3.05) is 78.7 Å². The number of aromatic nitrogens is 1. The van der Waals surface area contributed by atoms with Gasteiger partial charge in [0.2, 0.25) is 17.7 Å². The van der Waals surface area contributed by atoms with Crippen LogP contribution in [0.2, 0.25) is 0 Å². The van der Waals surface area contributed by atoms with E-state index in [1.165, 1.54) is 17.5 Å². The molecule has 22 heteroatoms. The zero-order valence-electron chi connectivity index (χ0n) is 45.0. The molecule has 0 saturated carbocycles. The highest BCUT2D eigenvalue weighted by molar-refractivity contribution is 7.09. The number of alkyl carbamates (subject to hydrolysis) is 1. The molecule has 1 aromatic heterocycles. The predicted molar refractivity (Wildman–Crippen MR) is 282 cm³/mol. The fourth-order valence-electron chi connectivity index (χ4n) is 8.61. The number of halogens is 1. The third-order valence-electron chi connectivity index (χ3n) is 13.3. The molecule has 1 aliphatic rings. The quantitative estimate of drug-likeness (QED) is 0.0259. The number of carbonyl (C=O) groups is 6. The number of aliphatic carboxylic acids is 1. The number of hydrogen-bond donors (Lipinski definition) is 7. The topological polar surface area (TPSA) is 279 Å². The second kappa shape index (κ2) is 33.1. The molecule has 1 aromatic carbocycles. The first-order chi connectivity index (χ1) is 35.2. The van der Waals surface area contributed by atoms with Crippen LogP contribution in [0.5, 0.6) is 0 Å². The number of rotatable bonds is 35.